The molecule has 10 heteroatoms. The van der Waals surface area contributed by atoms with E-state index in [0.29, 0.717) is 25.1 Å². The topological polar surface area (TPSA) is 116 Å². The summed E-state index contributed by atoms with van der Waals surface area (Å²) < 4.78 is 0. The molecule has 2 fully saturated rings. The van der Waals surface area contributed by atoms with Crippen LogP contribution < -0.4 is 10.2 Å². The summed E-state index contributed by atoms with van der Waals surface area (Å²) in [5.41, 5.74) is -0.204. The number of hydrogen-bond acceptors (Lipinski definition) is 7. The molecule has 0 unspecified atom stereocenters. The number of non-ortho nitro benzene ring substituents is 1. The van der Waals surface area contributed by atoms with Crippen LogP contribution >= 0.6 is 0 Å². The molecule has 1 aromatic rings. The summed E-state index contributed by atoms with van der Waals surface area (Å²) in [5, 5.41) is 13.6. The van der Waals surface area contributed by atoms with Crippen molar-refractivity contribution < 1.29 is 19.3 Å². The Morgan fingerprint density at radius 3 is 2.72 bits per heavy atom. The second-order valence-corrected chi connectivity index (χ2v) is 7.91. The lowest BCUT2D eigenvalue weighted by atomic mass is 9.67. The van der Waals surface area contributed by atoms with Crippen LogP contribution in [0.15, 0.2) is 18.2 Å². The Bertz CT molecular complexity index is 918. The fourth-order valence-corrected chi connectivity index (χ4v) is 4.74. The van der Waals surface area contributed by atoms with E-state index in [4.69, 9.17) is 0 Å². The van der Waals surface area contributed by atoms with Crippen molar-refractivity contribution in [2.24, 2.45) is 5.41 Å². The molecule has 4 amide bonds. The number of nitrogens with one attached hydrogen (secondary N) is 1. The van der Waals surface area contributed by atoms with Gasteiger partial charge in [-0.15, -0.1) is 0 Å². The zero-order valence-electron chi connectivity index (χ0n) is 16.4. The Hall–Kier alpha value is -3.01. The molecule has 3 aliphatic heterocycles. The van der Waals surface area contributed by atoms with Gasteiger partial charge in [0.25, 0.3) is 5.69 Å². The van der Waals surface area contributed by atoms with Crippen LogP contribution in [0, 0.1) is 15.5 Å². The first-order valence-electron chi connectivity index (χ1n) is 9.69. The van der Waals surface area contributed by atoms with E-state index in [1.165, 1.54) is 12.1 Å². The molecule has 0 radical (unpaired) electrons. The number of carbonyl (C=O) groups is 3. The van der Waals surface area contributed by atoms with E-state index in [9.17, 15) is 24.5 Å². The fraction of sp³-hybridized carbons (Fsp3) is 0.526. The minimum atomic E-state index is -1.50. The lowest BCUT2D eigenvalue weighted by molar-refractivity contribution is -0.384. The van der Waals surface area contributed by atoms with Crippen LogP contribution in [0.1, 0.15) is 18.9 Å². The van der Waals surface area contributed by atoms with Crippen molar-refractivity contribution in [3.8, 4) is 0 Å². The van der Waals surface area contributed by atoms with E-state index in [2.05, 4.69) is 10.2 Å². The van der Waals surface area contributed by atoms with Gasteiger partial charge < -0.3 is 9.80 Å². The molecule has 0 saturated carbocycles. The van der Waals surface area contributed by atoms with Crippen LogP contribution in [0.2, 0.25) is 0 Å². The van der Waals surface area contributed by atoms with Crippen molar-refractivity contribution in [3.05, 3.63) is 33.9 Å². The molecule has 0 bridgehead atoms. The molecule has 1 aromatic carbocycles. The predicted octanol–water partition coefficient (Wildman–Crippen LogP) is 0.746. The Morgan fingerprint density at radius 1 is 1.28 bits per heavy atom. The standard InChI is InChI=1S/C19H23N5O5/c1-3-6-23-17(26)19(16(25)20-18(23)27)10-12-9-13(24(28)29)4-5-14(12)22-8-7-21(2)11-15(19)22/h4-5,9,15H,3,6-8,10-11H2,1-2H3,(H,20,25,27)/t15-,19-/m1/s1. The van der Waals surface area contributed by atoms with E-state index in [1.807, 2.05) is 18.9 Å². The van der Waals surface area contributed by atoms with Crippen molar-refractivity contribution in [3.63, 3.8) is 0 Å². The summed E-state index contributed by atoms with van der Waals surface area (Å²) in [4.78, 5) is 55.0. The van der Waals surface area contributed by atoms with Crippen LogP contribution in [0.4, 0.5) is 16.2 Å². The van der Waals surface area contributed by atoms with E-state index in [0.717, 1.165) is 17.1 Å². The number of amides is 4. The van der Waals surface area contributed by atoms with Gasteiger partial charge in [-0.05, 0) is 25.1 Å². The number of anilines is 1. The largest absolute Gasteiger partial charge is 0.364 e. The third-order valence-corrected chi connectivity index (χ3v) is 6.15. The average molecular weight is 401 g/mol. The zero-order chi connectivity index (χ0) is 20.9. The monoisotopic (exact) mass is 401 g/mol. The number of piperazine rings is 1. The number of urea groups is 1. The maximum Gasteiger partial charge on any atom is 0.330 e. The number of barbiturate groups is 1. The Morgan fingerprint density at radius 2 is 2.03 bits per heavy atom. The number of rotatable bonds is 3. The van der Waals surface area contributed by atoms with Gasteiger partial charge in [-0.2, -0.15) is 0 Å². The second kappa shape index (κ2) is 6.80. The molecule has 10 nitrogen and oxygen atoms in total. The van der Waals surface area contributed by atoms with Crippen molar-refractivity contribution in [2.45, 2.75) is 25.8 Å². The number of hydrogen-bond donors (Lipinski definition) is 1. The van der Waals surface area contributed by atoms with Gasteiger partial charge in [-0.3, -0.25) is 29.9 Å². The third kappa shape index (κ3) is 2.78. The van der Waals surface area contributed by atoms with Crippen molar-refractivity contribution in [1.29, 1.82) is 0 Å². The van der Waals surface area contributed by atoms with E-state index < -0.39 is 34.2 Å². The molecule has 2 atom stereocenters. The van der Waals surface area contributed by atoms with Gasteiger partial charge in [0.2, 0.25) is 11.8 Å². The molecule has 0 aliphatic carbocycles. The molecule has 1 N–H and O–H groups in total. The molecule has 29 heavy (non-hydrogen) atoms. The molecular weight excluding hydrogens is 378 g/mol. The molecular formula is C19H23N5O5. The van der Waals surface area contributed by atoms with Gasteiger partial charge in [0.05, 0.1) is 11.0 Å². The highest BCUT2D eigenvalue weighted by Gasteiger charge is 2.62. The van der Waals surface area contributed by atoms with Gasteiger partial charge in [-0.25, -0.2) is 4.79 Å². The summed E-state index contributed by atoms with van der Waals surface area (Å²) in [6, 6.07) is 3.41. The fourth-order valence-electron chi connectivity index (χ4n) is 4.74. The highest BCUT2D eigenvalue weighted by atomic mass is 16.6. The summed E-state index contributed by atoms with van der Waals surface area (Å²) in [6.07, 6.45) is 0.594. The smallest absolute Gasteiger partial charge is 0.330 e. The summed E-state index contributed by atoms with van der Waals surface area (Å²) >= 11 is 0. The average Bonchev–Trinajstić information content (AvgIpc) is 2.68. The maximum atomic E-state index is 13.6. The number of likely N-dealkylation sites (N-methyl/N-ethyl adjacent to an activating group) is 1. The highest BCUT2D eigenvalue weighted by molar-refractivity contribution is 6.20. The summed E-state index contributed by atoms with van der Waals surface area (Å²) in [7, 11) is 1.93. The van der Waals surface area contributed by atoms with Crippen LogP contribution in [-0.2, 0) is 16.0 Å². The van der Waals surface area contributed by atoms with Gasteiger partial charge >= 0.3 is 6.03 Å². The third-order valence-electron chi connectivity index (χ3n) is 6.15. The van der Waals surface area contributed by atoms with Gasteiger partial charge in [0.1, 0.15) is 0 Å². The lowest BCUT2D eigenvalue weighted by Gasteiger charge is -2.55. The Balaban J connectivity index is 1.88. The molecule has 1 spiro atoms. The molecule has 3 heterocycles. The van der Waals surface area contributed by atoms with Gasteiger partial charge in [-0.1, -0.05) is 6.92 Å². The number of benzene rings is 1. The predicted molar refractivity (Wildman–Crippen MR) is 103 cm³/mol. The van der Waals surface area contributed by atoms with Crippen LogP contribution in [-0.4, -0.2) is 71.8 Å². The quantitative estimate of drug-likeness (QED) is 0.451. The van der Waals surface area contributed by atoms with Crippen LogP contribution in [0.25, 0.3) is 0 Å². The van der Waals surface area contributed by atoms with Gasteiger partial charge in [0, 0.05) is 50.4 Å². The van der Waals surface area contributed by atoms with E-state index >= 15 is 0 Å². The molecule has 154 valence electrons. The molecule has 3 aliphatic rings. The van der Waals surface area contributed by atoms with Crippen LogP contribution in [0.3, 0.4) is 0 Å². The SMILES string of the molecule is CCCN1C(=O)NC(=O)[C@]2(Cc3cc([N+](=O)[O-])ccc3N3CCN(C)C[C@@H]32)C1=O. The number of imide groups is 2. The van der Waals surface area contributed by atoms with Crippen LogP contribution in [0.5, 0.6) is 0 Å². The molecule has 2 saturated heterocycles. The van der Waals surface area contributed by atoms with E-state index in [1.54, 1.807) is 6.07 Å². The first-order valence-corrected chi connectivity index (χ1v) is 9.69. The molecule has 4 rings (SSSR count). The number of carbonyl (C=O) groups excluding carboxylic acids is 3. The minimum Gasteiger partial charge on any atom is -0.364 e. The zero-order valence-corrected chi connectivity index (χ0v) is 16.4. The van der Waals surface area contributed by atoms with Crippen molar-refractivity contribution in [1.82, 2.24) is 15.1 Å². The normalized spacial score (nSPS) is 27.0. The van der Waals surface area contributed by atoms with Crippen molar-refractivity contribution in [2.75, 3.05) is 38.1 Å². The lowest BCUT2D eigenvalue weighted by Crippen LogP contribution is -2.75. The van der Waals surface area contributed by atoms with E-state index in [-0.39, 0.29) is 18.7 Å². The highest BCUT2D eigenvalue weighted by Crippen LogP contribution is 2.46. The Labute approximate surface area is 167 Å². The van der Waals surface area contributed by atoms with Crippen molar-refractivity contribution >= 4 is 29.2 Å². The number of nitro benzene ring substituents is 1. The summed E-state index contributed by atoms with van der Waals surface area (Å²) in [5.74, 6) is -1.14. The second-order valence-electron chi connectivity index (χ2n) is 7.91. The maximum absolute atomic E-state index is 13.6. The first kappa shape index (κ1) is 19.3. The Kier molecular flexibility index (Phi) is 4.53. The number of nitrogens with zero attached hydrogens (tertiary/aromatic N) is 4. The molecule has 0 aromatic heterocycles. The summed E-state index contributed by atoms with van der Waals surface area (Å²) in [6.45, 7) is 3.85. The first-order chi connectivity index (χ1) is 13.8. The number of nitro groups is 1. The number of fused-ring (bicyclic) bond motifs is 4. The minimum absolute atomic E-state index is 0.0250. The van der Waals surface area contributed by atoms with Gasteiger partial charge in [0.15, 0.2) is 5.41 Å².